The third kappa shape index (κ3) is 5.75. The molecule has 0 aliphatic carbocycles. The van der Waals surface area contributed by atoms with Gasteiger partial charge < -0.3 is 15.2 Å². The van der Waals surface area contributed by atoms with Crippen LogP contribution in [-0.2, 0) is 22.7 Å². The molecule has 2 N–H and O–H groups in total. The van der Waals surface area contributed by atoms with E-state index in [4.69, 9.17) is 4.74 Å². The first-order valence-corrected chi connectivity index (χ1v) is 8.00. The zero-order valence-electron chi connectivity index (χ0n) is 13.3. The Labute approximate surface area is 132 Å². The van der Waals surface area contributed by atoms with Gasteiger partial charge in [-0.15, -0.1) is 0 Å². The van der Waals surface area contributed by atoms with Crippen molar-refractivity contribution < 1.29 is 14.6 Å². The molecule has 5 nitrogen and oxygen atoms in total. The second-order valence-corrected chi connectivity index (χ2v) is 5.74. The Kier molecular flexibility index (Phi) is 6.83. The number of carbonyl (C=O) groups is 1. The Morgan fingerprint density at radius 2 is 1.91 bits per heavy atom. The molecule has 0 radical (unpaired) electrons. The molecule has 2 rings (SSSR count). The van der Waals surface area contributed by atoms with Crippen LogP contribution in [0.2, 0.25) is 0 Å². The fourth-order valence-corrected chi connectivity index (χ4v) is 2.51. The molecule has 1 saturated heterocycles. The fraction of sp³-hybridized carbons (Fsp3) is 0.588. The minimum absolute atomic E-state index is 0.0368. The average molecular weight is 306 g/mol. The highest BCUT2D eigenvalue weighted by molar-refractivity contribution is 5.78. The van der Waals surface area contributed by atoms with Crippen molar-refractivity contribution in [1.82, 2.24) is 10.2 Å². The number of hydrogen-bond donors (Lipinski definition) is 2. The summed E-state index contributed by atoms with van der Waals surface area (Å²) in [6.07, 6.45) is 1.32. The number of nitrogens with one attached hydrogen (secondary N) is 1. The monoisotopic (exact) mass is 306 g/mol. The Morgan fingerprint density at radius 3 is 2.55 bits per heavy atom. The number of rotatable bonds is 7. The highest BCUT2D eigenvalue weighted by Crippen LogP contribution is 2.09. The topological polar surface area (TPSA) is 61.8 Å². The summed E-state index contributed by atoms with van der Waals surface area (Å²) in [7, 11) is 0. The number of hydrogen-bond acceptors (Lipinski definition) is 4. The molecular weight excluding hydrogens is 280 g/mol. The number of benzene rings is 1. The molecule has 22 heavy (non-hydrogen) atoms. The second kappa shape index (κ2) is 8.88. The Bertz CT molecular complexity index is 453. The molecule has 122 valence electrons. The van der Waals surface area contributed by atoms with Crippen molar-refractivity contribution in [2.45, 2.75) is 39.0 Å². The van der Waals surface area contributed by atoms with Crippen LogP contribution in [0.25, 0.3) is 0 Å². The summed E-state index contributed by atoms with van der Waals surface area (Å²) < 4.78 is 5.36. The molecule has 0 spiro atoms. The first-order chi connectivity index (χ1) is 10.7. The molecule has 1 aromatic carbocycles. The highest BCUT2D eigenvalue weighted by Gasteiger charge is 2.18. The van der Waals surface area contributed by atoms with E-state index in [1.807, 2.05) is 31.2 Å². The van der Waals surface area contributed by atoms with E-state index < -0.39 is 0 Å². The molecule has 1 amide bonds. The largest absolute Gasteiger partial charge is 0.393 e. The van der Waals surface area contributed by atoms with E-state index in [2.05, 4.69) is 10.2 Å². The molecular formula is C17H26N2O3. The summed E-state index contributed by atoms with van der Waals surface area (Å²) in [5.41, 5.74) is 2.23. The van der Waals surface area contributed by atoms with Gasteiger partial charge in [0.2, 0.25) is 5.91 Å². The maximum absolute atomic E-state index is 11.9. The van der Waals surface area contributed by atoms with Gasteiger partial charge in [0.25, 0.3) is 0 Å². The third-order valence-electron chi connectivity index (χ3n) is 3.91. The van der Waals surface area contributed by atoms with Gasteiger partial charge in [-0.1, -0.05) is 24.3 Å². The lowest BCUT2D eigenvalue weighted by Crippen LogP contribution is -2.42. The lowest BCUT2D eigenvalue weighted by Gasteiger charge is -2.28. The summed E-state index contributed by atoms with van der Waals surface area (Å²) in [6, 6.07) is 8.10. The van der Waals surface area contributed by atoms with E-state index in [-0.39, 0.29) is 12.0 Å². The smallest absolute Gasteiger partial charge is 0.234 e. The van der Waals surface area contributed by atoms with Gasteiger partial charge >= 0.3 is 0 Å². The minimum Gasteiger partial charge on any atom is -0.393 e. The first kappa shape index (κ1) is 16.9. The summed E-state index contributed by atoms with van der Waals surface area (Å²) >= 11 is 0. The Hall–Kier alpha value is -1.43. The van der Waals surface area contributed by atoms with Gasteiger partial charge in [0, 0.05) is 26.2 Å². The minimum atomic E-state index is -0.200. The van der Waals surface area contributed by atoms with Crippen LogP contribution in [-0.4, -0.2) is 48.3 Å². The lowest BCUT2D eigenvalue weighted by molar-refractivity contribution is -0.122. The van der Waals surface area contributed by atoms with Gasteiger partial charge in [0.15, 0.2) is 0 Å². The number of likely N-dealkylation sites (tertiary alicyclic amines) is 1. The van der Waals surface area contributed by atoms with Crippen LogP contribution in [0.5, 0.6) is 0 Å². The summed E-state index contributed by atoms with van der Waals surface area (Å²) in [5.74, 6) is 0.0368. The van der Waals surface area contributed by atoms with Gasteiger partial charge in [-0.25, -0.2) is 0 Å². The van der Waals surface area contributed by atoms with Gasteiger partial charge in [0.05, 0.1) is 19.3 Å². The summed E-state index contributed by atoms with van der Waals surface area (Å²) in [5, 5.41) is 12.4. The maximum atomic E-state index is 11.9. The van der Waals surface area contributed by atoms with Crippen LogP contribution in [0.1, 0.15) is 30.9 Å². The Balaban J connectivity index is 1.69. The molecule has 0 bridgehead atoms. The molecule has 1 aliphatic heterocycles. The number of aliphatic hydroxyl groups excluding tert-OH is 1. The van der Waals surface area contributed by atoms with Crippen molar-refractivity contribution in [2.24, 2.45) is 0 Å². The second-order valence-electron chi connectivity index (χ2n) is 5.74. The summed E-state index contributed by atoms with van der Waals surface area (Å²) in [4.78, 5) is 14.0. The number of piperidine rings is 1. The van der Waals surface area contributed by atoms with E-state index in [1.165, 1.54) is 0 Å². The number of nitrogens with zero attached hydrogens (tertiary/aromatic N) is 1. The predicted molar refractivity (Wildman–Crippen MR) is 85.3 cm³/mol. The van der Waals surface area contributed by atoms with Crippen molar-refractivity contribution in [2.75, 3.05) is 26.2 Å². The zero-order chi connectivity index (χ0) is 15.8. The normalized spacial score (nSPS) is 16.6. The average Bonchev–Trinajstić information content (AvgIpc) is 2.54. The number of aliphatic hydroxyl groups is 1. The standard InChI is InChI=1S/C17H26N2O3/c1-2-22-13-15-5-3-14(4-6-15)11-18-17(21)12-19-9-7-16(20)8-10-19/h3-6,16,20H,2,7-13H2,1H3,(H,18,21). The van der Waals surface area contributed by atoms with Crippen molar-refractivity contribution in [3.8, 4) is 0 Å². The molecule has 5 heteroatoms. The van der Waals surface area contributed by atoms with Crippen molar-refractivity contribution in [3.63, 3.8) is 0 Å². The predicted octanol–water partition coefficient (Wildman–Crippen LogP) is 1.30. The van der Waals surface area contributed by atoms with E-state index in [0.717, 1.165) is 37.1 Å². The molecule has 0 unspecified atom stereocenters. The van der Waals surface area contributed by atoms with Gasteiger partial charge in [-0.05, 0) is 30.9 Å². The van der Waals surface area contributed by atoms with Crippen molar-refractivity contribution in [1.29, 1.82) is 0 Å². The fourth-order valence-electron chi connectivity index (χ4n) is 2.51. The molecule has 1 heterocycles. The van der Waals surface area contributed by atoms with Gasteiger partial charge in [-0.3, -0.25) is 9.69 Å². The van der Waals surface area contributed by atoms with Crippen LogP contribution in [0, 0.1) is 0 Å². The van der Waals surface area contributed by atoms with Gasteiger partial charge in [0.1, 0.15) is 0 Å². The highest BCUT2D eigenvalue weighted by atomic mass is 16.5. The van der Waals surface area contributed by atoms with E-state index in [9.17, 15) is 9.90 Å². The van der Waals surface area contributed by atoms with Crippen LogP contribution in [0.15, 0.2) is 24.3 Å². The van der Waals surface area contributed by atoms with Crippen LogP contribution in [0.4, 0.5) is 0 Å². The number of carbonyl (C=O) groups excluding carboxylic acids is 1. The quantitative estimate of drug-likeness (QED) is 0.797. The van der Waals surface area contributed by atoms with E-state index in [1.54, 1.807) is 0 Å². The van der Waals surface area contributed by atoms with Gasteiger partial charge in [-0.2, -0.15) is 0 Å². The molecule has 1 fully saturated rings. The lowest BCUT2D eigenvalue weighted by atomic mass is 10.1. The van der Waals surface area contributed by atoms with E-state index >= 15 is 0 Å². The Morgan fingerprint density at radius 1 is 1.27 bits per heavy atom. The zero-order valence-corrected chi connectivity index (χ0v) is 13.3. The number of ether oxygens (including phenoxy) is 1. The van der Waals surface area contributed by atoms with Crippen molar-refractivity contribution in [3.05, 3.63) is 35.4 Å². The maximum Gasteiger partial charge on any atom is 0.234 e. The SMILES string of the molecule is CCOCc1ccc(CNC(=O)CN2CCC(O)CC2)cc1. The molecule has 0 aromatic heterocycles. The summed E-state index contributed by atoms with van der Waals surface area (Å²) in [6.45, 7) is 5.86. The molecule has 0 atom stereocenters. The third-order valence-corrected chi connectivity index (χ3v) is 3.91. The molecule has 1 aliphatic rings. The first-order valence-electron chi connectivity index (χ1n) is 8.00. The molecule has 1 aromatic rings. The van der Waals surface area contributed by atoms with Crippen LogP contribution >= 0.6 is 0 Å². The van der Waals surface area contributed by atoms with Crippen molar-refractivity contribution >= 4 is 5.91 Å². The van der Waals surface area contributed by atoms with Crippen LogP contribution < -0.4 is 5.32 Å². The van der Waals surface area contributed by atoms with Crippen LogP contribution in [0.3, 0.4) is 0 Å². The van der Waals surface area contributed by atoms with E-state index in [0.29, 0.717) is 26.3 Å². The molecule has 0 saturated carbocycles. The number of amides is 1.